The number of aliphatic carboxylic acids is 1. The van der Waals surface area contributed by atoms with Gasteiger partial charge < -0.3 is 21.5 Å². The van der Waals surface area contributed by atoms with Gasteiger partial charge in [-0.2, -0.15) is 0 Å². The van der Waals surface area contributed by atoms with Crippen molar-refractivity contribution in [1.82, 2.24) is 10.6 Å². The summed E-state index contributed by atoms with van der Waals surface area (Å²) >= 11 is 0. The first-order valence-electron chi connectivity index (χ1n) is 5.98. The summed E-state index contributed by atoms with van der Waals surface area (Å²) in [6, 6.07) is -1.25. The Bertz CT molecular complexity index is 345. The minimum absolute atomic E-state index is 0.0443. The average Bonchev–Trinajstić information content (AvgIpc) is 2.74. The van der Waals surface area contributed by atoms with Crippen LogP contribution in [-0.4, -0.2) is 35.6 Å². The first-order chi connectivity index (χ1) is 8.41. The van der Waals surface area contributed by atoms with Crippen LogP contribution in [0, 0.1) is 11.8 Å². The highest BCUT2D eigenvalue weighted by Crippen LogP contribution is 2.31. The lowest BCUT2D eigenvalue weighted by Gasteiger charge is -2.17. The summed E-state index contributed by atoms with van der Waals surface area (Å²) in [5, 5.41) is 13.9. The number of nitrogens with two attached hydrogens (primary N) is 1. The molecule has 1 rings (SSSR count). The molecule has 0 aromatic carbocycles. The maximum absolute atomic E-state index is 11.4. The molecule has 7 heteroatoms. The second-order valence-corrected chi connectivity index (χ2v) is 4.61. The molecule has 0 aromatic rings. The molecule has 3 amide bonds. The first kappa shape index (κ1) is 14.3. The van der Waals surface area contributed by atoms with Crippen LogP contribution in [0.5, 0.6) is 0 Å². The van der Waals surface area contributed by atoms with Gasteiger partial charge in [0.15, 0.2) is 0 Å². The van der Waals surface area contributed by atoms with Crippen LogP contribution < -0.4 is 16.4 Å². The Labute approximate surface area is 105 Å². The lowest BCUT2D eigenvalue weighted by atomic mass is 9.96. The van der Waals surface area contributed by atoms with Crippen molar-refractivity contribution in [1.29, 1.82) is 0 Å². The van der Waals surface area contributed by atoms with E-state index in [9.17, 15) is 14.4 Å². The molecule has 1 aliphatic rings. The van der Waals surface area contributed by atoms with Gasteiger partial charge in [0.1, 0.15) is 6.04 Å². The molecule has 7 nitrogen and oxygen atoms in total. The number of carbonyl (C=O) groups is 3. The summed E-state index contributed by atoms with van der Waals surface area (Å²) < 4.78 is 0. The molecule has 0 radical (unpaired) electrons. The van der Waals surface area contributed by atoms with Crippen LogP contribution in [0.4, 0.5) is 4.79 Å². The van der Waals surface area contributed by atoms with E-state index in [4.69, 9.17) is 10.8 Å². The molecular weight excluding hydrogens is 238 g/mol. The van der Waals surface area contributed by atoms with Crippen LogP contribution in [0.2, 0.25) is 0 Å². The van der Waals surface area contributed by atoms with E-state index >= 15 is 0 Å². The molecule has 3 unspecified atom stereocenters. The summed E-state index contributed by atoms with van der Waals surface area (Å²) in [7, 11) is 0. The summed E-state index contributed by atoms with van der Waals surface area (Å²) in [5.41, 5.74) is 5.01. The Morgan fingerprint density at radius 3 is 2.61 bits per heavy atom. The Kier molecular flexibility index (Phi) is 4.94. The number of hydrogen-bond donors (Lipinski definition) is 4. The molecule has 1 aliphatic carbocycles. The zero-order chi connectivity index (χ0) is 13.7. The molecule has 5 N–H and O–H groups in total. The molecular formula is C11H19N3O4. The summed E-state index contributed by atoms with van der Waals surface area (Å²) in [5.74, 6) is -1.87. The Morgan fingerprint density at radius 1 is 1.39 bits per heavy atom. The number of nitrogens with one attached hydrogen (secondary N) is 2. The van der Waals surface area contributed by atoms with E-state index in [-0.39, 0.29) is 11.8 Å². The summed E-state index contributed by atoms with van der Waals surface area (Å²) in [6.45, 7) is 1.78. The fourth-order valence-electron chi connectivity index (χ4n) is 2.15. The third-order valence-corrected chi connectivity index (χ3v) is 3.28. The predicted octanol–water partition coefficient (Wildman–Crippen LogP) is -0.340. The molecule has 1 fully saturated rings. The highest BCUT2D eigenvalue weighted by atomic mass is 16.4. The molecule has 0 saturated heterocycles. The number of carbonyl (C=O) groups excluding carboxylic acids is 2. The zero-order valence-corrected chi connectivity index (χ0v) is 10.3. The summed E-state index contributed by atoms with van der Waals surface area (Å²) in [4.78, 5) is 33.1. The molecule has 0 bridgehead atoms. The fraction of sp³-hybridized carbons (Fsp3) is 0.727. The average molecular weight is 257 g/mol. The summed E-state index contributed by atoms with van der Waals surface area (Å²) in [6.07, 6.45) is 2.31. The molecule has 0 heterocycles. The Balaban J connectivity index is 2.34. The van der Waals surface area contributed by atoms with E-state index in [0.717, 1.165) is 12.8 Å². The van der Waals surface area contributed by atoms with Crippen molar-refractivity contribution in [3.05, 3.63) is 0 Å². The van der Waals surface area contributed by atoms with Crippen molar-refractivity contribution in [3.8, 4) is 0 Å². The Hall–Kier alpha value is -1.79. The highest BCUT2D eigenvalue weighted by Gasteiger charge is 2.32. The standard InChI is InChI=1S/C11H19N3O4/c1-6(9(12)15)14-11(18)13-5-7-3-2-4-8(7)10(16)17/h6-8H,2-5H2,1H3,(H2,12,15)(H,16,17)(H2,13,14,18). The number of urea groups is 1. The topological polar surface area (TPSA) is 122 Å². The molecule has 0 aromatic heterocycles. The predicted molar refractivity (Wildman–Crippen MR) is 63.7 cm³/mol. The SMILES string of the molecule is CC(NC(=O)NCC1CCCC1C(=O)O)C(N)=O. The zero-order valence-electron chi connectivity index (χ0n) is 10.3. The van der Waals surface area contributed by atoms with Crippen LogP contribution in [0.25, 0.3) is 0 Å². The monoisotopic (exact) mass is 257 g/mol. The van der Waals surface area contributed by atoms with Crippen molar-refractivity contribution in [2.24, 2.45) is 17.6 Å². The van der Waals surface area contributed by atoms with E-state index in [0.29, 0.717) is 13.0 Å². The lowest BCUT2D eigenvalue weighted by Crippen LogP contribution is -2.48. The van der Waals surface area contributed by atoms with Gasteiger partial charge in [0.05, 0.1) is 5.92 Å². The minimum Gasteiger partial charge on any atom is -0.481 e. The fourth-order valence-corrected chi connectivity index (χ4v) is 2.15. The Morgan fingerprint density at radius 2 is 2.06 bits per heavy atom. The van der Waals surface area contributed by atoms with Gasteiger partial charge in [-0.1, -0.05) is 6.42 Å². The van der Waals surface area contributed by atoms with E-state index in [2.05, 4.69) is 10.6 Å². The van der Waals surface area contributed by atoms with Gasteiger partial charge >= 0.3 is 12.0 Å². The molecule has 1 saturated carbocycles. The van der Waals surface area contributed by atoms with Gasteiger partial charge in [-0.15, -0.1) is 0 Å². The molecule has 102 valence electrons. The number of primary amides is 1. The van der Waals surface area contributed by atoms with Crippen molar-refractivity contribution in [2.75, 3.05) is 6.54 Å². The minimum atomic E-state index is -0.815. The van der Waals surface area contributed by atoms with E-state index < -0.39 is 23.9 Å². The van der Waals surface area contributed by atoms with Crippen LogP contribution in [0.3, 0.4) is 0 Å². The second kappa shape index (κ2) is 6.23. The number of carboxylic acid groups (broad SMARTS) is 1. The van der Waals surface area contributed by atoms with E-state index in [1.807, 2.05) is 0 Å². The third kappa shape index (κ3) is 3.90. The van der Waals surface area contributed by atoms with Crippen molar-refractivity contribution >= 4 is 17.9 Å². The van der Waals surface area contributed by atoms with Crippen molar-refractivity contribution in [3.63, 3.8) is 0 Å². The van der Waals surface area contributed by atoms with Gasteiger partial charge in [-0.25, -0.2) is 4.79 Å². The second-order valence-electron chi connectivity index (χ2n) is 4.61. The normalized spacial score (nSPS) is 24.3. The maximum Gasteiger partial charge on any atom is 0.315 e. The van der Waals surface area contributed by atoms with Gasteiger partial charge in [0.2, 0.25) is 5.91 Å². The number of hydrogen-bond acceptors (Lipinski definition) is 3. The van der Waals surface area contributed by atoms with Gasteiger partial charge in [-0.3, -0.25) is 9.59 Å². The van der Waals surface area contributed by atoms with E-state index in [1.54, 1.807) is 0 Å². The third-order valence-electron chi connectivity index (χ3n) is 3.28. The van der Waals surface area contributed by atoms with Crippen LogP contribution in [-0.2, 0) is 9.59 Å². The van der Waals surface area contributed by atoms with Gasteiger partial charge in [0.25, 0.3) is 0 Å². The lowest BCUT2D eigenvalue weighted by molar-refractivity contribution is -0.142. The molecule has 18 heavy (non-hydrogen) atoms. The number of rotatable bonds is 5. The van der Waals surface area contributed by atoms with Crippen LogP contribution in [0.1, 0.15) is 26.2 Å². The van der Waals surface area contributed by atoms with Gasteiger partial charge in [0, 0.05) is 6.54 Å². The van der Waals surface area contributed by atoms with Crippen molar-refractivity contribution in [2.45, 2.75) is 32.2 Å². The molecule has 0 spiro atoms. The van der Waals surface area contributed by atoms with E-state index in [1.165, 1.54) is 6.92 Å². The number of amides is 3. The van der Waals surface area contributed by atoms with Crippen LogP contribution in [0.15, 0.2) is 0 Å². The number of carboxylic acids is 1. The first-order valence-corrected chi connectivity index (χ1v) is 5.98. The van der Waals surface area contributed by atoms with Crippen LogP contribution >= 0.6 is 0 Å². The van der Waals surface area contributed by atoms with Crippen molar-refractivity contribution < 1.29 is 19.5 Å². The maximum atomic E-state index is 11.4. The highest BCUT2D eigenvalue weighted by molar-refractivity contribution is 5.85. The molecule has 3 atom stereocenters. The molecule has 0 aliphatic heterocycles. The largest absolute Gasteiger partial charge is 0.481 e. The quantitative estimate of drug-likeness (QED) is 0.538. The van der Waals surface area contributed by atoms with Gasteiger partial charge in [-0.05, 0) is 25.7 Å². The smallest absolute Gasteiger partial charge is 0.315 e.